The van der Waals surface area contributed by atoms with Crippen molar-refractivity contribution < 1.29 is 0 Å². The Bertz CT molecular complexity index is 22.1. The predicted molar refractivity (Wildman–Crippen MR) is 64.6 cm³/mol. The van der Waals surface area contributed by atoms with E-state index >= 15 is 0 Å². The second-order valence-corrected chi connectivity index (χ2v) is 1.71. The van der Waals surface area contributed by atoms with Crippen molar-refractivity contribution in [3.63, 3.8) is 0 Å². The van der Waals surface area contributed by atoms with E-state index in [0.717, 1.165) is 12.8 Å². The molecule has 0 fully saturated rings. The minimum atomic E-state index is 0. The van der Waals surface area contributed by atoms with Gasteiger partial charge in [-0.3, -0.25) is 0 Å². The molecule has 0 N–H and O–H groups in total. The summed E-state index contributed by atoms with van der Waals surface area (Å²) in [6.45, 7) is 11.4. The fraction of sp³-hybridized carbons (Fsp3) is 0.750. The minimum Gasteiger partial charge on any atom is -0.343 e. The van der Waals surface area contributed by atoms with E-state index in [1.54, 1.807) is 0 Å². The summed E-state index contributed by atoms with van der Waals surface area (Å²) in [6.07, 6.45) is 4.56. The van der Waals surface area contributed by atoms with Crippen molar-refractivity contribution in [1.82, 2.24) is 0 Å². The first-order valence-electron chi connectivity index (χ1n) is 3.41. The van der Waals surface area contributed by atoms with E-state index in [1.807, 2.05) is 0 Å². The third-order valence-corrected chi connectivity index (χ3v) is 0.707. The smallest absolute Gasteiger partial charge is 0.343 e. The molecule has 0 aliphatic rings. The third-order valence-electron chi connectivity index (χ3n) is 0.707. The molecule has 0 rings (SSSR count). The molecule has 0 aromatic rings. The first kappa shape index (κ1) is 29.4. The standard InChI is InChI=1S/2C4H9.ClH.Mg.H3P/c2*1-3-4-2;;;/h2*1,3-4H2,2H3;1H;;1H3/q2*-1;;+2;. The Morgan fingerprint density at radius 3 is 1.00 bits per heavy atom. The topological polar surface area (TPSA) is 0 Å². The molecule has 1 atom stereocenters. The minimum absolute atomic E-state index is 0. The van der Waals surface area contributed by atoms with Crippen LogP contribution in [0.4, 0.5) is 0 Å². The average Bonchev–Trinajstić information content (AvgIpc) is 1.88. The van der Waals surface area contributed by atoms with Crippen molar-refractivity contribution in [2.75, 3.05) is 0 Å². The molecule has 0 heterocycles. The molecule has 68 valence electrons. The molecule has 0 saturated carbocycles. The zero-order valence-corrected chi connectivity index (χ0v) is 11.7. The molecular formula is C8H22ClMgP. The Hall–Kier alpha value is 1.49. The second kappa shape index (κ2) is 42.0. The van der Waals surface area contributed by atoms with Crippen LogP contribution in [0.3, 0.4) is 0 Å². The van der Waals surface area contributed by atoms with Crippen LogP contribution in [0.25, 0.3) is 0 Å². The van der Waals surface area contributed by atoms with Crippen LogP contribution in [0.2, 0.25) is 0 Å². The largest absolute Gasteiger partial charge is 2.00 e. The van der Waals surface area contributed by atoms with Gasteiger partial charge in [0.25, 0.3) is 0 Å². The molecule has 0 amide bonds. The number of halogens is 1. The fourth-order valence-corrected chi connectivity index (χ4v) is 0. The van der Waals surface area contributed by atoms with Gasteiger partial charge in [-0.1, -0.05) is 26.7 Å². The number of hydrogen-bond acceptors (Lipinski definition) is 0. The van der Waals surface area contributed by atoms with Crippen LogP contribution in [0.15, 0.2) is 0 Å². The molecule has 11 heavy (non-hydrogen) atoms. The zero-order chi connectivity index (χ0) is 6.83. The fourth-order valence-electron chi connectivity index (χ4n) is 0. The Balaban J connectivity index is -0.0000000171. The molecule has 0 aliphatic carbocycles. The van der Waals surface area contributed by atoms with E-state index < -0.39 is 0 Å². The Morgan fingerprint density at radius 1 is 0.909 bits per heavy atom. The van der Waals surface area contributed by atoms with Gasteiger partial charge in [-0.25, -0.2) is 0 Å². The number of hydrogen-bond donors (Lipinski definition) is 0. The van der Waals surface area contributed by atoms with Crippen LogP contribution < -0.4 is 0 Å². The maximum atomic E-state index is 3.60. The van der Waals surface area contributed by atoms with Crippen molar-refractivity contribution in [2.24, 2.45) is 0 Å². The summed E-state index contributed by atoms with van der Waals surface area (Å²) in [7, 11) is 0. The van der Waals surface area contributed by atoms with Gasteiger partial charge in [0.1, 0.15) is 0 Å². The zero-order valence-electron chi connectivity index (χ0n) is 8.07. The average molecular weight is 209 g/mol. The van der Waals surface area contributed by atoms with Gasteiger partial charge in [0.2, 0.25) is 0 Å². The van der Waals surface area contributed by atoms with Crippen molar-refractivity contribution >= 4 is 45.4 Å². The summed E-state index contributed by atoms with van der Waals surface area (Å²) < 4.78 is 0. The Labute approximate surface area is 98.5 Å². The molecule has 0 bridgehead atoms. The normalized spacial score (nSPS) is 5.45. The van der Waals surface area contributed by atoms with Gasteiger partial charge in [-0.15, -0.1) is 12.4 Å². The molecule has 3 heteroatoms. The molecule has 0 aromatic carbocycles. The molecule has 0 aliphatic heterocycles. The Morgan fingerprint density at radius 2 is 1.00 bits per heavy atom. The van der Waals surface area contributed by atoms with Gasteiger partial charge in [0.15, 0.2) is 0 Å². The van der Waals surface area contributed by atoms with Gasteiger partial charge in [-0.2, -0.15) is 22.7 Å². The summed E-state index contributed by atoms with van der Waals surface area (Å²) in [5, 5.41) is 0. The number of rotatable bonds is 2. The van der Waals surface area contributed by atoms with E-state index in [9.17, 15) is 0 Å². The van der Waals surface area contributed by atoms with Crippen molar-refractivity contribution in [2.45, 2.75) is 39.5 Å². The van der Waals surface area contributed by atoms with Crippen LogP contribution >= 0.6 is 22.3 Å². The van der Waals surface area contributed by atoms with E-state index in [-0.39, 0.29) is 45.4 Å². The summed E-state index contributed by atoms with van der Waals surface area (Å²) in [5.41, 5.74) is 0. The van der Waals surface area contributed by atoms with Gasteiger partial charge < -0.3 is 13.8 Å². The van der Waals surface area contributed by atoms with E-state index in [2.05, 4.69) is 27.7 Å². The second-order valence-electron chi connectivity index (χ2n) is 1.71. The first-order chi connectivity index (χ1) is 3.83. The third kappa shape index (κ3) is 85.0. The molecule has 0 spiro atoms. The summed E-state index contributed by atoms with van der Waals surface area (Å²) in [4.78, 5) is 0. The van der Waals surface area contributed by atoms with Crippen LogP contribution in [-0.4, -0.2) is 23.1 Å². The molecule has 1 unspecified atom stereocenters. The molecule has 0 radical (unpaired) electrons. The maximum absolute atomic E-state index is 3.60. The van der Waals surface area contributed by atoms with E-state index in [0.29, 0.717) is 0 Å². The van der Waals surface area contributed by atoms with Crippen molar-refractivity contribution in [1.29, 1.82) is 0 Å². The monoisotopic (exact) mass is 208 g/mol. The predicted octanol–water partition coefficient (Wildman–Crippen LogP) is 3.34. The quantitative estimate of drug-likeness (QED) is 0.371. The first-order valence-corrected chi connectivity index (χ1v) is 3.41. The Kier molecular flexibility index (Phi) is 112. The summed E-state index contributed by atoms with van der Waals surface area (Å²) in [5.74, 6) is 0. The van der Waals surface area contributed by atoms with Crippen LogP contribution in [-0.2, 0) is 0 Å². The van der Waals surface area contributed by atoms with Gasteiger partial charge in [-0.05, 0) is 0 Å². The van der Waals surface area contributed by atoms with Crippen LogP contribution in [0, 0.1) is 13.8 Å². The van der Waals surface area contributed by atoms with Crippen molar-refractivity contribution in [3.8, 4) is 0 Å². The van der Waals surface area contributed by atoms with Crippen LogP contribution in [0.5, 0.6) is 0 Å². The van der Waals surface area contributed by atoms with Gasteiger partial charge in [0.05, 0.1) is 0 Å². The van der Waals surface area contributed by atoms with Gasteiger partial charge >= 0.3 is 23.1 Å². The maximum Gasteiger partial charge on any atom is 2.00 e. The molecule has 0 aromatic heterocycles. The molecular weight excluding hydrogens is 187 g/mol. The summed E-state index contributed by atoms with van der Waals surface area (Å²) >= 11 is 0. The van der Waals surface area contributed by atoms with E-state index in [1.165, 1.54) is 12.8 Å². The SMILES string of the molecule is Cl.P.[CH2-]CCC.[CH2-]CCC.[Mg+2]. The van der Waals surface area contributed by atoms with Crippen LogP contribution in [0.1, 0.15) is 39.5 Å². The summed E-state index contributed by atoms with van der Waals surface area (Å²) in [6, 6.07) is 0. The number of unbranched alkanes of at least 4 members (excludes halogenated alkanes) is 2. The molecule has 0 saturated heterocycles. The van der Waals surface area contributed by atoms with E-state index in [4.69, 9.17) is 0 Å². The van der Waals surface area contributed by atoms with Gasteiger partial charge in [0, 0.05) is 0 Å². The van der Waals surface area contributed by atoms with Crippen molar-refractivity contribution in [3.05, 3.63) is 13.8 Å². The molecule has 0 nitrogen and oxygen atoms in total.